The predicted octanol–water partition coefficient (Wildman–Crippen LogP) is 3.27. The van der Waals surface area contributed by atoms with Gasteiger partial charge in [-0.1, -0.05) is 32.0 Å². The van der Waals surface area contributed by atoms with Gasteiger partial charge in [0.1, 0.15) is 0 Å². The molecule has 1 aromatic rings. The number of fused-ring (bicyclic) bond motifs is 1. The van der Waals surface area contributed by atoms with E-state index in [1.54, 1.807) is 0 Å². The zero-order chi connectivity index (χ0) is 10.1. The number of rotatable bonds is 0. The Hall–Kier alpha value is -0.980. The summed E-state index contributed by atoms with van der Waals surface area (Å²) in [6.45, 7) is 5.87. The molecule has 0 N–H and O–H groups in total. The van der Waals surface area contributed by atoms with Crippen LogP contribution in [0.5, 0.6) is 0 Å². The van der Waals surface area contributed by atoms with Gasteiger partial charge in [0.25, 0.3) is 0 Å². The Kier molecular flexibility index (Phi) is 2.49. The summed E-state index contributed by atoms with van der Waals surface area (Å²) in [6.07, 6.45) is 1.31. The Morgan fingerprint density at radius 3 is 2.71 bits per heavy atom. The molecule has 14 heavy (non-hydrogen) atoms. The van der Waals surface area contributed by atoms with Gasteiger partial charge >= 0.3 is 0 Å². The van der Waals surface area contributed by atoms with Gasteiger partial charge in [-0.05, 0) is 29.9 Å². The lowest BCUT2D eigenvalue weighted by atomic mass is 9.92. The minimum atomic E-state index is 0.700. The molecule has 76 valence electrons. The van der Waals surface area contributed by atoms with E-state index in [0.717, 1.165) is 5.92 Å². The summed E-state index contributed by atoms with van der Waals surface area (Å²) in [5.41, 5.74) is 2.93. The van der Waals surface area contributed by atoms with E-state index >= 15 is 0 Å². The van der Waals surface area contributed by atoms with Crippen molar-refractivity contribution in [3.63, 3.8) is 0 Å². The second-order valence-corrected chi connectivity index (χ2v) is 4.68. The van der Waals surface area contributed by atoms with Gasteiger partial charge < -0.3 is 4.90 Å². The summed E-state index contributed by atoms with van der Waals surface area (Å²) in [7, 11) is 2.20. The summed E-state index contributed by atoms with van der Waals surface area (Å²) < 4.78 is 0. The zero-order valence-corrected chi connectivity index (χ0v) is 9.33. The number of nitrogens with zero attached hydrogens (tertiary/aromatic N) is 1. The van der Waals surface area contributed by atoms with Crippen molar-refractivity contribution in [2.24, 2.45) is 5.92 Å². The van der Waals surface area contributed by atoms with Crippen LogP contribution < -0.4 is 4.90 Å². The quantitative estimate of drug-likeness (QED) is 0.605. The Morgan fingerprint density at radius 1 is 1.21 bits per heavy atom. The van der Waals surface area contributed by atoms with Gasteiger partial charge in [-0.15, -0.1) is 0 Å². The molecule has 1 nitrogen and oxygen atoms in total. The molecule has 0 saturated heterocycles. The number of benzene rings is 1. The van der Waals surface area contributed by atoms with Gasteiger partial charge in [0.2, 0.25) is 0 Å². The van der Waals surface area contributed by atoms with E-state index in [1.165, 1.54) is 24.2 Å². The lowest BCUT2D eigenvalue weighted by Crippen LogP contribution is -2.22. The molecule has 0 spiro atoms. The molecule has 0 saturated carbocycles. The van der Waals surface area contributed by atoms with Gasteiger partial charge in [-0.2, -0.15) is 0 Å². The van der Waals surface area contributed by atoms with Crippen LogP contribution >= 0.6 is 0 Å². The predicted molar refractivity (Wildman–Crippen MR) is 61.9 cm³/mol. The average Bonchev–Trinajstić information content (AvgIpc) is 2.26. The van der Waals surface area contributed by atoms with Crippen molar-refractivity contribution in [1.82, 2.24) is 0 Å². The van der Waals surface area contributed by atoms with Crippen molar-refractivity contribution in [1.29, 1.82) is 0 Å². The molecule has 0 bridgehead atoms. The fourth-order valence-corrected chi connectivity index (χ4v) is 2.62. The van der Waals surface area contributed by atoms with Gasteiger partial charge in [0, 0.05) is 19.3 Å². The first-order valence-corrected chi connectivity index (χ1v) is 5.48. The minimum Gasteiger partial charge on any atom is -0.374 e. The van der Waals surface area contributed by atoms with Crippen LogP contribution in [-0.4, -0.2) is 13.6 Å². The van der Waals surface area contributed by atoms with E-state index < -0.39 is 0 Å². The van der Waals surface area contributed by atoms with Crippen molar-refractivity contribution in [2.45, 2.75) is 26.2 Å². The minimum absolute atomic E-state index is 0.700. The molecule has 1 aliphatic heterocycles. The molecular formula is C13H19N. The van der Waals surface area contributed by atoms with E-state index in [-0.39, 0.29) is 0 Å². The molecule has 0 aliphatic carbocycles. The molecule has 1 aliphatic rings. The van der Waals surface area contributed by atoms with Crippen LogP contribution in [0.4, 0.5) is 5.69 Å². The highest BCUT2D eigenvalue weighted by atomic mass is 15.1. The van der Waals surface area contributed by atoms with E-state index in [0.29, 0.717) is 5.92 Å². The van der Waals surface area contributed by atoms with Crippen LogP contribution in [0.3, 0.4) is 0 Å². The summed E-state index contributed by atoms with van der Waals surface area (Å²) in [4.78, 5) is 2.39. The third-order valence-electron chi connectivity index (χ3n) is 3.22. The lowest BCUT2D eigenvalue weighted by Gasteiger charge is -2.21. The fraction of sp³-hybridized carbons (Fsp3) is 0.538. The fourth-order valence-electron chi connectivity index (χ4n) is 2.62. The van der Waals surface area contributed by atoms with Crippen molar-refractivity contribution in [2.75, 3.05) is 18.5 Å². The first-order chi connectivity index (χ1) is 6.68. The molecule has 1 heterocycles. The van der Waals surface area contributed by atoms with Crippen molar-refractivity contribution in [3.05, 3.63) is 29.8 Å². The maximum absolute atomic E-state index is 2.39. The van der Waals surface area contributed by atoms with Crippen molar-refractivity contribution < 1.29 is 0 Å². The van der Waals surface area contributed by atoms with Crippen molar-refractivity contribution in [3.8, 4) is 0 Å². The number of para-hydroxylation sites is 1. The summed E-state index contributed by atoms with van der Waals surface area (Å²) in [6, 6.07) is 8.80. The Balaban J connectivity index is 2.42. The monoisotopic (exact) mass is 189 g/mol. The molecule has 0 fully saturated rings. The van der Waals surface area contributed by atoms with E-state index in [2.05, 4.69) is 50.1 Å². The SMILES string of the molecule is C[C@@H]1C[C@@H](C)c2ccccc2N(C)C1. The molecule has 1 aromatic carbocycles. The molecule has 0 radical (unpaired) electrons. The smallest absolute Gasteiger partial charge is 0.0398 e. The molecule has 1 heteroatoms. The number of hydrogen-bond donors (Lipinski definition) is 0. The maximum atomic E-state index is 2.39. The van der Waals surface area contributed by atoms with E-state index in [4.69, 9.17) is 0 Å². The first-order valence-electron chi connectivity index (χ1n) is 5.48. The van der Waals surface area contributed by atoms with E-state index in [9.17, 15) is 0 Å². The Morgan fingerprint density at radius 2 is 1.93 bits per heavy atom. The molecule has 0 unspecified atom stereocenters. The zero-order valence-electron chi connectivity index (χ0n) is 9.33. The van der Waals surface area contributed by atoms with Crippen LogP contribution in [0.25, 0.3) is 0 Å². The summed E-state index contributed by atoms with van der Waals surface area (Å²) in [5, 5.41) is 0. The van der Waals surface area contributed by atoms with Crippen LogP contribution in [0, 0.1) is 5.92 Å². The highest BCUT2D eigenvalue weighted by Crippen LogP contribution is 2.34. The van der Waals surface area contributed by atoms with Crippen LogP contribution in [0.15, 0.2) is 24.3 Å². The molecule has 2 rings (SSSR count). The average molecular weight is 189 g/mol. The molecule has 0 amide bonds. The van der Waals surface area contributed by atoms with Gasteiger partial charge in [0.05, 0.1) is 0 Å². The van der Waals surface area contributed by atoms with Gasteiger partial charge in [-0.25, -0.2) is 0 Å². The Labute approximate surface area is 86.7 Å². The summed E-state index contributed by atoms with van der Waals surface area (Å²) in [5.74, 6) is 1.49. The number of anilines is 1. The highest BCUT2D eigenvalue weighted by molar-refractivity contribution is 5.55. The summed E-state index contributed by atoms with van der Waals surface area (Å²) >= 11 is 0. The molecule has 0 aromatic heterocycles. The maximum Gasteiger partial charge on any atom is 0.0398 e. The van der Waals surface area contributed by atoms with Gasteiger partial charge in [0.15, 0.2) is 0 Å². The molecule has 2 atom stereocenters. The molecular weight excluding hydrogens is 170 g/mol. The first kappa shape index (κ1) is 9.57. The van der Waals surface area contributed by atoms with Gasteiger partial charge in [-0.3, -0.25) is 0 Å². The second kappa shape index (κ2) is 3.64. The van der Waals surface area contributed by atoms with Crippen LogP contribution in [0.2, 0.25) is 0 Å². The van der Waals surface area contributed by atoms with Crippen LogP contribution in [0.1, 0.15) is 31.7 Å². The van der Waals surface area contributed by atoms with Crippen molar-refractivity contribution >= 4 is 5.69 Å². The second-order valence-electron chi connectivity index (χ2n) is 4.68. The number of hydrogen-bond acceptors (Lipinski definition) is 1. The topological polar surface area (TPSA) is 3.24 Å². The third-order valence-corrected chi connectivity index (χ3v) is 3.22. The largest absolute Gasteiger partial charge is 0.374 e. The standard InChI is InChI=1S/C13H19N/c1-10-8-11(2)12-6-4-5-7-13(12)14(3)9-10/h4-7,10-11H,8-9H2,1-3H3/t10-,11-/m1/s1. The van der Waals surface area contributed by atoms with Crippen LogP contribution in [-0.2, 0) is 0 Å². The lowest BCUT2D eigenvalue weighted by molar-refractivity contribution is 0.502. The Bertz CT molecular complexity index is 288. The normalized spacial score (nSPS) is 26.9. The third kappa shape index (κ3) is 1.63. The van der Waals surface area contributed by atoms with E-state index in [1.807, 2.05) is 0 Å². The highest BCUT2D eigenvalue weighted by Gasteiger charge is 2.21.